The molecule has 2 aromatic carbocycles. The maximum atomic E-state index is 10.2. The molecule has 0 saturated heterocycles. The van der Waals surface area contributed by atoms with Crippen molar-refractivity contribution in [1.29, 1.82) is 0 Å². The first-order valence-corrected chi connectivity index (χ1v) is 8.86. The average Bonchev–Trinajstić information content (AvgIpc) is 3.08. The Labute approximate surface area is 168 Å². The summed E-state index contributed by atoms with van der Waals surface area (Å²) < 4.78 is 23.1. The molecule has 154 valence electrons. The third-order valence-electron chi connectivity index (χ3n) is 4.69. The van der Waals surface area contributed by atoms with E-state index in [1.807, 2.05) is 6.92 Å². The van der Waals surface area contributed by atoms with E-state index in [2.05, 4.69) is 5.10 Å². The van der Waals surface area contributed by atoms with E-state index in [0.29, 0.717) is 51.2 Å². The van der Waals surface area contributed by atoms with Gasteiger partial charge in [-0.3, -0.25) is 0 Å². The topological polar surface area (TPSA) is 95.2 Å². The highest BCUT2D eigenvalue weighted by molar-refractivity contribution is 5.71. The lowest BCUT2D eigenvalue weighted by Crippen LogP contribution is -2.03. The van der Waals surface area contributed by atoms with Gasteiger partial charge in [0.15, 0.2) is 23.0 Å². The number of hydrogen-bond acceptors (Lipinski definition) is 7. The third-order valence-corrected chi connectivity index (χ3v) is 4.69. The van der Waals surface area contributed by atoms with Crippen LogP contribution in [0.1, 0.15) is 11.3 Å². The van der Waals surface area contributed by atoms with Crippen molar-refractivity contribution in [2.75, 3.05) is 28.4 Å². The molecule has 0 amide bonds. The largest absolute Gasteiger partial charge is 0.504 e. The molecule has 29 heavy (non-hydrogen) atoms. The fourth-order valence-corrected chi connectivity index (χ4v) is 3.26. The molecule has 3 rings (SSSR count). The molecule has 0 saturated carbocycles. The van der Waals surface area contributed by atoms with Crippen LogP contribution in [-0.4, -0.2) is 48.4 Å². The normalized spacial score (nSPS) is 10.7. The summed E-state index contributed by atoms with van der Waals surface area (Å²) >= 11 is 0. The first kappa shape index (κ1) is 20.3. The van der Waals surface area contributed by atoms with Crippen molar-refractivity contribution in [2.45, 2.75) is 13.5 Å². The third kappa shape index (κ3) is 3.54. The lowest BCUT2D eigenvalue weighted by Gasteiger charge is -2.16. The van der Waals surface area contributed by atoms with Gasteiger partial charge in [0.2, 0.25) is 5.75 Å². The van der Waals surface area contributed by atoms with Gasteiger partial charge in [0, 0.05) is 23.3 Å². The number of phenolic OH excluding ortho intramolecular Hbond substituents is 1. The molecular formula is C21H24N2O6. The second kappa shape index (κ2) is 8.32. The van der Waals surface area contributed by atoms with E-state index in [4.69, 9.17) is 18.9 Å². The molecule has 0 aliphatic rings. The number of aliphatic hydroxyl groups excluding tert-OH is 1. The van der Waals surface area contributed by atoms with Crippen LogP contribution in [0, 0.1) is 6.92 Å². The summed E-state index contributed by atoms with van der Waals surface area (Å²) in [7, 11) is 6.10. The number of benzene rings is 2. The second-order valence-corrected chi connectivity index (χ2v) is 6.25. The van der Waals surface area contributed by atoms with Crippen LogP contribution in [0.25, 0.3) is 16.9 Å². The monoisotopic (exact) mass is 400 g/mol. The number of aryl methyl sites for hydroxylation is 1. The average molecular weight is 400 g/mol. The van der Waals surface area contributed by atoms with Crippen molar-refractivity contribution in [3.8, 4) is 45.7 Å². The molecule has 0 aliphatic heterocycles. The molecule has 0 fully saturated rings. The van der Waals surface area contributed by atoms with Gasteiger partial charge in [-0.2, -0.15) is 5.10 Å². The number of aliphatic hydroxyl groups is 1. The zero-order valence-electron chi connectivity index (χ0n) is 17.0. The van der Waals surface area contributed by atoms with Crippen molar-refractivity contribution in [2.24, 2.45) is 0 Å². The molecule has 0 unspecified atom stereocenters. The lowest BCUT2D eigenvalue weighted by molar-refractivity contribution is 0.281. The SMILES string of the molecule is COc1ccc(-c2c(CO)c(C)nn2-c2cc(OC)c(OC)c(OC)c2)cc1O. The highest BCUT2D eigenvalue weighted by Gasteiger charge is 2.21. The molecule has 2 N–H and O–H groups in total. The summed E-state index contributed by atoms with van der Waals surface area (Å²) in [5.41, 5.74) is 3.25. The summed E-state index contributed by atoms with van der Waals surface area (Å²) in [5.74, 6) is 1.76. The molecule has 0 atom stereocenters. The fourth-order valence-electron chi connectivity index (χ4n) is 3.26. The number of methoxy groups -OCH3 is 4. The van der Waals surface area contributed by atoms with Crippen LogP contribution in [0.5, 0.6) is 28.7 Å². The van der Waals surface area contributed by atoms with Crippen LogP contribution >= 0.6 is 0 Å². The van der Waals surface area contributed by atoms with E-state index in [0.717, 1.165) is 0 Å². The predicted octanol–water partition coefficient (Wildman–Crippen LogP) is 3.08. The minimum absolute atomic E-state index is 0.0100. The Kier molecular flexibility index (Phi) is 5.84. The molecule has 1 heterocycles. The number of nitrogens with zero attached hydrogens (tertiary/aromatic N) is 2. The van der Waals surface area contributed by atoms with E-state index in [9.17, 15) is 10.2 Å². The molecule has 1 aromatic heterocycles. The van der Waals surface area contributed by atoms with E-state index in [1.54, 1.807) is 35.0 Å². The Morgan fingerprint density at radius 2 is 1.52 bits per heavy atom. The van der Waals surface area contributed by atoms with Gasteiger partial charge in [-0.15, -0.1) is 0 Å². The number of ether oxygens (including phenoxy) is 4. The van der Waals surface area contributed by atoms with E-state index in [-0.39, 0.29) is 12.4 Å². The molecule has 0 bridgehead atoms. The fraction of sp³-hybridized carbons (Fsp3) is 0.286. The summed E-state index contributed by atoms with van der Waals surface area (Å²) in [5, 5.41) is 24.8. The molecular weight excluding hydrogens is 376 g/mol. The van der Waals surface area contributed by atoms with Crippen molar-refractivity contribution in [3.63, 3.8) is 0 Å². The van der Waals surface area contributed by atoms with Gasteiger partial charge in [-0.05, 0) is 25.1 Å². The van der Waals surface area contributed by atoms with Crippen LogP contribution in [0.15, 0.2) is 30.3 Å². The molecule has 0 aliphatic carbocycles. The predicted molar refractivity (Wildman–Crippen MR) is 108 cm³/mol. The zero-order chi connectivity index (χ0) is 21.1. The highest BCUT2D eigenvalue weighted by atomic mass is 16.5. The van der Waals surface area contributed by atoms with Gasteiger partial charge in [-0.1, -0.05) is 0 Å². The standard InChI is InChI=1S/C21H24N2O6/c1-12-15(11-24)20(13-6-7-17(26-2)16(25)8-13)23(22-12)14-9-18(27-3)21(29-5)19(10-14)28-4/h6-10,24-25H,11H2,1-5H3. The summed E-state index contributed by atoms with van der Waals surface area (Å²) in [6, 6.07) is 8.56. The molecule has 8 nitrogen and oxygen atoms in total. The summed E-state index contributed by atoms with van der Waals surface area (Å²) in [6.07, 6.45) is 0. The first-order chi connectivity index (χ1) is 14.0. The van der Waals surface area contributed by atoms with Crippen molar-refractivity contribution in [3.05, 3.63) is 41.6 Å². The number of rotatable bonds is 7. The van der Waals surface area contributed by atoms with Crippen LogP contribution in [0.4, 0.5) is 0 Å². The molecule has 0 spiro atoms. The lowest BCUT2D eigenvalue weighted by atomic mass is 10.1. The second-order valence-electron chi connectivity index (χ2n) is 6.25. The molecule has 8 heteroatoms. The van der Waals surface area contributed by atoms with E-state index < -0.39 is 0 Å². The molecule has 3 aromatic rings. The maximum Gasteiger partial charge on any atom is 0.203 e. The Hall–Kier alpha value is -3.39. The number of aromatic hydroxyl groups is 1. The first-order valence-electron chi connectivity index (χ1n) is 8.86. The Balaban J connectivity index is 2.28. The minimum Gasteiger partial charge on any atom is -0.504 e. The smallest absolute Gasteiger partial charge is 0.203 e. The highest BCUT2D eigenvalue weighted by Crippen LogP contribution is 2.41. The van der Waals surface area contributed by atoms with E-state index >= 15 is 0 Å². The van der Waals surface area contributed by atoms with Crippen LogP contribution in [0.3, 0.4) is 0 Å². The number of phenols is 1. The van der Waals surface area contributed by atoms with Crippen molar-refractivity contribution < 1.29 is 29.2 Å². The van der Waals surface area contributed by atoms with Crippen molar-refractivity contribution >= 4 is 0 Å². The van der Waals surface area contributed by atoms with E-state index in [1.165, 1.54) is 28.4 Å². The van der Waals surface area contributed by atoms with Gasteiger partial charge in [0.1, 0.15) is 0 Å². The van der Waals surface area contributed by atoms with Crippen molar-refractivity contribution in [1.82, 2.24) is 9.78 Å². The zero-order valence-corrected chi connectivity index (χ0v) is 17.0. The Bertz CT molecular complexity index is 1000. The summed E-state index contributed by atoms with van der Waals surface area (Å²) in [6.45, 7) is 1.60. The Morgan fingerprint density at radius 1 is 0.897 bits per heavy atom. The maximum absolute atomic E-state index is 10.2. The molecule has 0 radical (unpaired) electrons. The van der Waals surface area contributed by atoms with Gasteiger partial charge < -0.3 is 29.2 Å². The number of hydrogen-bond donors (Lipinski definition) is 2. The van der Waals surface area contributed by atoms with Crippen LogP contribution in [0.2, 0.25) is 0 Å². The number of aromatic nitrogens is 2. The minimum atomic E-state index is -0.210. The van der Waals surface area contributed by atoms with Crippen LogP contribution < -0.4 is 18.9 Å². The van der Waals surface area contributed by atoms with Gasteiger partial charge >= 0.3 is 0 Å². The van der Waals surface area contributed by atoms with Crippen LogP contribution in [-0.2, 0) is 6.61 Å². The Morgan fingerprint density at radius 3 is 2.00 bits per heavy atom. The summed E-state index contributed by atoms with van der Waals surface area (Å²) in [4.78, 5) is 0. The van der Waals surface area contributed by atoms with Gasteiger partial charge in [0.05, 0.1) is 52.1 Å². The van der Waals surface area contributed by atoms with Gasteiger partial charge in [-0.25, -0.2) is 4.68 Å². The quantitative estimate of drug-likeness (QED) is 0.629. The van der Waals surface area contributed by atoms with Gasteiger partial charge in [0.25, 0.3) is 0 Å².